The maximum atomic E-state index is 13.0. The Morgan fingerprint density at radius 3 is 2.71 bits per heavy atom. The molecule has 0 spiro atoms. The van der Waals surface area contributed by atoms with Gasteiger partial charge < -0.3 is 15.5 Å². The number of hydrogen-bond donors (Lipinski definition) is 2. The van der Waals surface area contributed by atoms with E-state index in [-0.39, 0.29) is 23.2 Å². The van der Waals surface area contributed by atoms with Crippen LogP contribution in [-0.4, -0.2) is 45.2 Å². The van der Waals surface area contributed by atoms with Crippen LogP contribution in [0.4, 0.5) is 10.6 Å². The normalized spacial score (nSPS) is 15.5. The number of amides is 2. The molecule has 0 atom stereocenters. The van der Waals surface area contributed by atoms with Gasteiger partial charge in [0.2, 0.25) is 0 Å². The van der Waals surface area contributed by atoms with Gasteiger partial charge in [-0.2, -0.15) is 0 Å². The number of aromatic nitrogens is 3. The minimum atomic E-state index is -0.274. The first-order chi connectivity index (χ1) is 13.3. The molecule has 8 heteroatoms. The molecule has 1 aliphatic rings. The van der Waals surface area contributed by atoms with Crippen LogP contribution in [0, 0.1) is 0 Å². The van der Waals surface area contributed by atoms with E-state index in [9.17, 15) is 9.59 Å². The summed E-state index contributed by atoms with van der Waals surface area (Å²) in [6.45, 7) is 11.3. The van der Waals surface area contributed by atoms with Crippen molar-refractivity contribution in [3.05, 3.63) is 41.3 Å². The second-order valence-corrected chi connectivity index (χ2v) is 8.10. The highest BCUT2D eigenvalue weighted by atomic mass is 16.2. The summed E-state index contributed by atoms with van der Waals surface area (Å²) >= 11 is 0. The zero-order valence-electron chi connectivity index (χ0n) is 16.7. The molecule has 1 aliphatic heterocycles. The number of carbonyl (C=O) groups is 1. The number of anilines is 1. The molecular weight excluding hydrogens is 356 g/mol. The van der Waals surface area contributed by atoms with Crippen molar-refractivity contribution in [3.63, 3.8) is 0 Å². The zero-order chi connectivity index (χ0) is 20.3. The van der Waals surface area contributed by atoms with Gasteiger partial charge in [0.25, 0.3) is 5.56 Å². The molecule has 2 amide bonds. The molecule has 0 aromatic carbocycles. The molecule has 1 saturated heterocycles. The number of piperidine rings is 1. The third-order valence-electron chi connectivity index (χ3n) is 4.61. The van der Waals surface area contributed by atoms with Crippen LogP contribution in [0.25, 0.3) is 11.2 Å². The molecule has 28 heavy (non-hydrogen) atoms. The Kier molecular flexibility index (Phi) is 5.67. The average molecular weight is 384 g/mol. The maximum absolute atomic E-state index is 13.0. The lowest BCUT2D eigenvalue weighted by Crippen LogP contribution is -2.52. The molecule has 2 aromatic heterocycles. The van der Waals surface area contributed by atoms with Crippen LogP contribution >= 0.6 is 0 Å². The number of nitrogens with zero attached hydrogens (tertiary/aromatic N) is 4. The number of hydrogen-bond acceptors (Lipinski definition) is 5. The summed E-state index contributed by atoms with van der Waals surface area (Å²) in [5, 5.41) is 5.93. The molecule has 3 rings (SSSR count). The fourth-order valence-corrected chi connectivity index (χ4v) is 3.36. The largest absolute Gasteiger partial charge is 0.352 e. The second kappa shape index (κ2) is 8.00. The van der Waals surface area contributed by atoms with E-state index >= 15 is 0 Å². The molecule has 0 unspecified atom stereocenters. The molecule has 2 N–H and O–H groups in total. The quantitative estimate of drug-likeness (QED) is 0.787. The Labute approximate surface area is 164 Å². The first kappa shape index (κ1) is 19.9. The predicted molar refractivity (Wildman–Crippen MR) is 111 cm³/mol. The van der Waals surface area contributed by atoms with Gasteiger partial charge in [-0.1, -0.05) is 6.08 Å². The standard InChI is InChI=1S/C20H28N6O2/c1-5-11-26-16-15(7-6-10-21-16)23-17(18(26)27)25-12-8-14(9-13-25)22-19(28)24-20(2,3)4/h5-7,10,14H,1,8-9,11-13H2,2-4H3,(H2,22,24,28). The molecule has 8 nitrogen and oxygen atoms in total. The highest BCUT2D eigenvalue weighted by Gasteiger charge is 2.25. The number of carbonyl (C=O) groups excluding carboxylic acids is 1. The minimum absolute atomic E-state index is 0.0797. The van der Waals surface area contributed by atoms with Crippen molar-refractivity contribution < 1.29 is 4.79 Å². The Morgan fingerprint density at radius 1 is 1.36 bits per heavy atom. The van der Waals surface area contributed by atoms with E-state index in [0.29, 0.717) is 36.6 Å². The molecule has 3 heterocycles. The van der Waals surface area contributed by atoms with Crippen molar-refractivity contribution >= 4 is 23.0 Å². The Balaban J connectivity index is 1.75. The summed E-state index contributed by atoms with van der Waals surface area (Å²) in [5.74, 6) is 0.431. The second-order valence-electron chi connectivity index (χ2n) is 8.10. The summed E-state index contributed by atoms with van der Waals surface area (Å²) < 4.78 is 1.60. The van der Waals surface area contributed by atoms with Crippen LogP contribution in [0.2, 0.25) is 0 Å². The number of pyridine rings is 1. The lowest BCUT2D eigenvalue weighted by molar-refractivity contribution is 0.225. The van der Waals surface area contributed by atoms with Gasteiger partial charge in [0.05, 0.1) is 0 Å². The van der Waals surface area contributed by atoms with Gasteiger partial charge in [0.15, 0.2) is 11.5 Å². The van der Waals surface area contributed by atoms with Gasteiger partial charge in [-0.25, -0.2) is 14.8 Å². The average Bonchev–Trinajstić information content (AvgIpc) is 2.63. The van der Waals surface area contributed by atoms with E-state index in [0.717, 1.165) is 12.8 Å². The summed E-state index contributed by atoms with van der Waals surface area (Å²) in [7, 11) is 0. The van der Waals surface area contributed by atoms with Gasteiger partial charge in [0, 0.05) is 37.4 Å². The number of rotatable bonds is 4. The summed E-state index contributed by atoms with van der Waals surface area (Å²) in [6.07, 6.45) is 4.85. The van der Waals surface area contributed by atoms with Gasteiger partial charge >= 0.3 is 6.03 Å². The number of urea groups is 1. The molecule has 0 bridgehead atoms. The van der Waals surface area contributed by atoms with Crippen LogP contribution in [0.5, 0.6) is 0 Å². The fraction of sp³-hybridized carbons (Fsp3) is 0.500. The molecule has 0 radical (unpaired) electrons. The molecule has 0 aliphatic carbocycles. The Bertz CT molecular complexity index is 922. The van der Waals surface area contributed by atoms with E-state index in [1.807, 2.05) is 37.8 Å². The fourth-order valence-electron chi connectivity index (χ4n) is 3.36. The van der Waals surface area contributed by atoms with Gasteiger partial charge in [-0.15, -0.1) is 6.58 Å². The number of fused-ring (bicyclic) bond motifs is 1. The van der Waals surface area contributed by atoms with E-state index in [1.165, 1.54) is 0 Å². The number of allylic oxidation sites excluding steroid dienone is 1. The van der Waals surface area contributed by atoms with E-state index in [2.05, 4.69) is 27.2 Å². The molecule has 2 aromatic rings. The predicted octanol–water partition coefficient (Wildman–Crippen LogP) is 2.04. The molecule has 150 valence electrons. The Morgan fingerprint density at radius 2 is 2.07 bits per heavy atom. The van der Waals surface area contributed by atoms with Crippen molar-refractivity contribution in [2.45, 2.75) is 51.7 Å². The minimum Gasteiger partial charge on any atom is -0.352 e. The zero-order valence-corrected chi connectivity index (χ0v) is 16.7. The van der Waals surface area contributed by atoms with Crippen molar-refractivity contribution in [1.82, 2.24) is 25.2 Å². The highest BCUT2D eigenvalue weighted by Crippen LogP contribution is 2.18. The van der Waals surface area contributed by atoms with E-state index in [4.69, 9.17) is 0 Å². The lowest BCUT2D eigenvalue weighted by Gasteiger charge is -2.33. The van der Waals surface area contributed by atoms with Crippen LogP contribution < -0.4 is 21.1 Å². The Hall–Kier alpha value is -2.90. The van der Waals surface area contributed by atoms with Gasteiger partial charge in [0.1, 0.15) is 5.52 Å². The first-order valence-corrected chi connectivity index (χ1v) is 9.58. The van der Waals surface area contributed by atoms with E-state index in [1.54, 1.807) is 16.8 Å². The van der Waals surface area contributed by atoms with Crippen LogP contribution in [0.3, 0.4) is 0 Å². The lowest BCUT2D eigenvalue weighted by atomic mass is 10.1. The third-order valence-corrected chi connectivity index (χ3v) is 4.61. The van der Waals surface area contributed by atoms with Crippen LogP contribution in [-0.2, 0) is 6.54 Å². The van der Waals surface area contributed by atoms with Crippen molar-refractivity contribution in [1.29, 1.82) is 0 Å². The summed E-state index contributed by atoms with van der Waals surface area (Å²) in [4.78, 5) is 35.9. The van der Waals surface area contributed by atoms with Crippen LogP contribution in [0.15, 0.2) is 35.8 Å². The number of nitrogens with one attached hydrogen (secondary N) is 2. The third kappa shape index (κ3) is 4.49. The van der Waals surface area contributed by atoms with Gasteiger partial charge in [-0.3, -0.25) is 9.36 Å². The van der Waals surface area contributed by atoms with Crippen molar-refractivity contribution in [2.75, 3.05) is 18.0 Å². The van der Waals surface area contributed by atoms with Crippen molar-refractivity contribution in [3.8, 4) is 0 Å². The molecule has 0 saturated carbocycles. The van der Waals surface area contributed by atoms with E-state index < -0.39 is 0 Å². The summed E-state index contributed by atoms with van der Waals surface area (Å²) in [6, 6.07) is 3.59. The smallest absolute Gasteiger partial charge is 0.315 e. The monoisotopic (exact) mass is 384 g/mol. The maximum Gasteiger partial charge on any atom is 0.315 e. The molecular formula is C20H28N6O2. The van der Waals surface area contributed by atoms with Gasteiger partial charge in [-0.05, 0) is 45.7 Å². The van der Waals surface area contributed by atoms with Crippen LogP contribution in [0.1, 0.15) is 33.6 Å². The SMILES string of the molecule is C=CCn1c(=O)c(N2CCC(NC(=O)NC(C)(C)C)CC2)nc2cccnc21. The first-order valence-electron chi connectivity index (χ1n) is 9.58. The topological polar surface area (TPSA) is 92.2 Å². The molecule has 1 fully saturated rings. The van der Waals surface area contributed by atoms with Crippen molar-refractivity contribution in [2.24, 2.45) is 0 Å². The highest BCUT2D eigenvalue weighted by molar-refractivity contribution is 5.75. The summed E-state index contributed by atoms with van der Waals surface area (Å²) in [5.41, 5.74) is 0.808.